The van der Waals surface area contributed by atoms with Gasteiger partial charge in [-0.2, -0.15) is 5.10 Å². The number of esters is 1. The zero-order valence-corrected chi connectivity index (χ0v) is 11.2. The summed E-state index contributed by atoms with van der Waals surface area (Å²) in [6.07, 6.45) is 6.50. The second-order valence-electron chi connectivity index (χ2n) is 4.45. The van der Waals surface area contributed by atoms with Crippen molar-refractivity contribution in [2.45, 2.75) is 6.61 Å². The molecule has 0 aliphatic heterocycles. The molecule has 0 fully saturated rings. The Morgan fingerprint density at radius 1 is 1.10 bits per heavy atom. The van der Waals surface area contributed by atoms with Gasteiger partial charge >= 0.3 is 5.97 Å². The van der Waals surface area contributed by atoms with Gasteiger partial charge in [-0.1, -0.05) is 24.3 Å². The second kappa shape index (κ2) is 6.00. The maximum absolute atomic E-state index is 12.0. The molecule has 0 unspecified atom stereocenters. The molecule has 0 aliphatic rings. The van der Waals surface area contributed by atoms with E-state index in [0.717, 1.165) is 11.3 Å². The number of pyridine rings is 1. The molecule has 2 heterocycles. The largest absolute Gasteiger partial charge is 0.457 e. The highest BCUT2D eigenvalue weighted by molar-refractivity contribution is 5.88. The topological polar surface area (TPSA) is 57.0 Å². The van der Waals surface area contributed by atoms with Gasteiger partial charge in [-0.15, -0.1) is 0 Å². The van der Waals surface area contributed by atoms with Crippen molar-refractivity contribution in [3.63, 3.8) is 0 Å². The summed E-state index contributed by atoms with van der Waals surface area (Å²) in [6, 6.07) is 13.2. The average Bonchev–Trinajstić information content (AvgIpc) is 3.04. The number of ether oxygens (including phenoxy) is 1. The number of benzene rings is 1. The number of nitrogens with zero attached hydrogens (tertiary/aromatic N) is 3. The molecular weight excluding hydrogens is 266 g/mol. The minimum absolute atomic E-state index is 0.198. The number of hydrogen-bond acceptors (Lipinski definition) is 4. The molecule has 0 saturated heterocycles. The first kappa shape index (κ1) is 13.1. The Morgan fingerprint density at radius 3 is 2.71 bits per heavy atom. The number of para-hydroxylation sites is 1. The summed E-state index contributed by atoms with van der Waals surface area (Å²) in [7, 11) is 0. The average molecular weight is 279 g/mol. The van der Waals surface area contributed by atoms with Gasteiger partial charge in [-0.05, 0) is 18.2 Å². The molecular formula is C16H13N3O2. The van der Waals surface area contributed by atoms with E-state index in [1.165, 1.54) is 6.20 Å². The van der Waals surface area contributed by atoms with Crippen molar-refractivity contribution in [3.05, 3.63) is 78.4 Å². The number of hydrogen-bond donors (Lipinski definition) is 0. The molecule has 21 heavy (non-hydrogen) atoms. The lowest BCUT2D eigenvalue weighted by Crippen LogP contribution is -2.04. The molecule has 5 nitrogen and oxygen atoms in total. The summed E-state index contributed by atoms with van der Waals surface area (Å²) in [6.45, 7) is 0.198. The first-order chi connectivity index (χ1) is 10.3. The van der Waals surface area contributed by atoms with E-state index in [9.17, 15) is 4.79 Å². The van der Waals surface area contributed by atoms with Gasteiger partial charge in [0.15, 0.2) is 0 Å². The van der Waals surface area contributed by atoms with E-state index < -0.39 is 5.97 Å². The smallest absolute Gasteiger partial charge is 0.341 e. The molecule has 0 N–H and O–H groups in total. The highest BCUT2D eigenvalue weighted by atomic mass is 16.5. The quantitative estimate of drug-likeness (QED) is 0.689. The van der Waals surface area contributed by atoms with Crippen LogP contribution in [0.15, 0.2) is 67.3 Å². The van der Waals surface area contributed by atoms with Crippen LogP contribution in [0.4, 0.5) is 0 Å². The zero-order valence-electron chi connectivity index (χ0n) is 11.2. The highest BCUT2D eigenvalue weighted by Gasteiger charge is 2.11. The number of carbonyl (C=O) groups excluding carboxylic acids is 1. The fourth-order valence-corrected chi connectivity index (χ4v) is 1.87. The van der Waals surface area contributed by atoms with E-state index in [-0.39, 0.29) is 6.61 Å². The standard InChI is InChI=1S/C16H13N3O2/c20-16(21-12-13-5-4-8-17-9-13)14-10-18-19(11-14)15-6-2-1-3-7-15/h1-11H,12H2. The normalized spacial score (nSPS) is 10.3. The van der Waals surface area contributed by atoms with Crippen LogP contribution in [0.1, 0.15) is 15.9 Å². The van der Waals surface area contributed by atoms with Gasteiger partial charge in [0, 0.05) is 24.2 Å². The van der Waals surface area contributed by atoms with Crippen molar-refractivity contribution < 1.29 is 9.53 Å². The molecule has 1 aromatic carbocycles. The third kappa shape index (κ3) is 3.14. The summed E-state index contributed by atoms with van der Waals surface area (Å²) in [5.74, 6) is -0.402. The minimum Gasteiger partial charge on any atom is -0.457 e. The van der Waals surface area contributed by atoms with E-state index in [4.69, 9.17) is 4.74 Å². The molecule has 0 spiro atoms. The van der Waals surface area contributed by atoms with Crippen molar-refractivity contribution in [1.82, 2.24) is 14.8 Å². The van der Waals surface area contributed by atoms with Gasteiger partial charge in [0.2, 0.25) is 0 Å². The van der Waals surface area contributed by atoms with E-state index in [1.807, 2.05) is 36.4 Å². The van der Waals surface area contributed by atoms with Crippen molar-refractivity contribution in [3.8, 4) is 5.69 Å². The fourth-order valence-electron chi connectivity index (χ4n) is 1.87. The molecule has 0 aliphatic carbocycles. The van der Waals surface area contributed by atoms with Gasteiger partial charge < -0.3 is 4.74 Å². The van der Waals surface area contributed by atoms with Gasteiger partial charge in [-0.25, -0.2) is 9.48 Å². The SMILES string of the molecule is O=C(OCc1cccnc1)c1cnn(-c2ccccc2)c1. The maximum atomic E-state index is 12.0. The van der Waals surface area contributed by atoms with E-state index >= 15 is 0 Å². The number of carbonyl (C=O) groups is 1. The van der Waals surface area contributed by atoms with Gasteiger partial charge in [0.25, 0.3) is 0 Å². The molecule has 0 saturated carbocycles. The summed E-state index contributed by atoms with van der Waals surface area (Å²) >= 11 is 0. The van der Waals surface area contributed by atoms with E-state index in [2.05, 4.69) is 10.1 Å². The van der Waals surface area contributed by atoms with E-state index in [0.29, 0.717) is 5.56 Å². The zero-order chi connectivity index (χ0) is 14.5. The molecule has 2 aromatic heterocycles. The van der Waals surface area contributed by atoms with Crippen LogP contribution in [0.3, 0.4) is 0 Å². The summed E-state index contributed by atoms with van der Waals surface area (Å²) in [5, 5.41) is 4.17. The third-order valence-electron chi connectivity index (χ3n) is 2.93. The Hall–Kier alpha value is -2.95. The second-order valence-corrected chi connectivity index (χ2v) is 4.45. The number of aromatic nitrogens is 3. The van der Waals surface area contributed by atoms with Gasteiger partial charge in [0.1, 0.15) is 6.61 Å². The molecule has 0 amide bonds. The first-order valence-corrected chi connectivity index (χ1v) is 6.49. The van der Waals surface area contributed by atoms with Gasteiger partial charge in [-0.3, -0.25) is 4.98 Å². The molecule has 5 heteroatoms. The van der Waals surface area contributed by atoms with E-state index in [1.54, 1.807) is 29.3 Å². The number of rotatable bonds is 4. The fraction of sp³-hybridized carbons (Fsp3) is 0.0625. The Balaban J connectivity index is 1.67. The monoisotopic (exact) mass is 279 g/mol. The Labute approximate surface area is 121 Å². The van der Waals surface area contributed by atoms with Crippen molar-refractivity contribution in [1.29, 1.82) is 0 Å². The molecule has 104 valence electrons. The lowest BCUT2D eigenvalue weighted by atomic mass is 10.3. The minimum atomic E-state index is -0.402. The van der Waals surface area contributed by atoms with Crippen molar-refractivity contribution >= 4 is 5.97 Å². The van der Waals surface area contributed by atoms with Crippen LogP contribution in [0.2, 0.25) is 0 Å². The Bertz CT molecular complexity index is 724. The third-order valence-corrected chi connectivity index (χ3v) is 2.93. The Morgan fingerprint density at radius 2 is 1.95 bits per heavy atom. The Kier molecular flexibility index (Phi) is 3.73. The predicted molar refractivity (Wildman–Crippen MR) is 76.9 cm³/mol. The van der Waals surface area contributed by atoms with Crippen LogP contribution in [0.25, 0.3) is 5.69 Å². The van der Waals surface area contributed by atoms with Crippen LogP contribution in [0.5, 0.6) is 0 Å². The van der Waals surface area contributed by atoms with Crippen LogP contribution in [-0.4, -0.2) is 20.7 Å². The molecule has 0 atom stereocenters. The van der Waals surface area contributed by atoms with Crippen molar-refractivity contribution in [2.75, 3.05) is 0 Å². The highest BCUT2D eigenvalue weighted by Crippen LogP contribution is 2.09. The molecule has 3 rings (SSSR count). The predicted octanol–water partition coefficient (Wildman–Crippen LogP) is 2.62. The molecule has 0 bridgehead atoms. The van der Waals surface area contributed by atoms with Crippen LogP contribution >= 0.6 is 0 Å². The molecule has 3 aromatic rings. The first-order valence-electron chi connectivity index (χ1n) is 6.49. The lowest BCUT2D eigenvalue weighted by Gasteiger charge is -2.02. The summed E-state index contributed by atoms with van der Waals surface area (Å²) in [5.41, 5.74) is 2.16. The summed E-state index contributed by atoms with van der Waals surface area (Å²) < 4.78 is 6.87. The summed E-state index contributed by atoms with van der Waals surface area (Å²) in [4.78, 5) is 15.9. The molecule has 0 radical (unpaired) electrons. The maximum Gasteiger partial charge on any atom is 0.341 e. The van der Waals surface area contributed by atoms with Crippen LogP contribution in [0, 0.1) is 0 Å². The lowest BCUT2D eigenvalue weighted by molar-refractivity contribution is 0.0472. The van der Waals surface area contributed by atoms with Crippen LogP contribution < -0.4 is 0 Å². The van der Waals surface area contributed by atoms with Crippen molar-refractivity contribution in [2.24, 2.45) is 0 Å². The van der Waals surface area contributed by atoms with Gasteiger partial charge in [0.05, 0.1) is 17.4 Å². The van der Waals surface area contributed by atoms with Crippen LogP contribution in [-0.2, 0) is 11.3 Å².